The highest BCUT2D eigenvalue weighted by molar-refractivity contribution is 7.10. The molecule has 1 heterocycles. The molecule has 0 spiro atoms. The van der Waals surface area contributed by atoms with Crippen LogP contribution in [0.4, 0.5) is 5.69 Å². The van der Waals surface area contributed by atoms with Crippen molar-refractivity contribution in [3.8, 4) is 17.6 Å². The molecule has 0 bridgehead atoms. The minimum atomic E-state index is -0.523. The number of para-hydroxylation sites is 1. The molecule has 0 aliphatic rings. The van der Waals surface area contributed by atoms with Gasteiger partial charge in [0.2, 0.25) is 5.75 Å². The molecule has 2 rings (SSSR count). The van der Waals surface area contributed by atoms with Crippen molar-refractivity contribution in [2.75, 3.05) is 6.54 Å². The summed E-state index contributed by atoms with van der Waals surface area (Å²) < 4.78 is 5.53. The van der Waals surface area contributed by atoms with Crippen molar-refractivity contribution in [1.29, 1.82) is 0 Å². The summed E-state index contributed by atoms with van der Waals surface area (Å²) in [6.45, 7) is 0.433. The summed E-state index contributed by atoms with van der Waals surface area (Å²) in [7, 11) is 0. The van der Waals surface area contributed by atoms with Gasteiger partial charge in [-0.25, -0.2) is 0 Å². The lowest BCUT2D eigenvalue weighted by molar-refractivity contribution is -0.385. The molecule has 0 aliphatic heterocycles. The van der Waals surface area contributed by atoms with E-state index >= 15 is 0 Å². The van der Waals surface area contributed by atoms with Crippen LogP contribution in [0.5, 0.6) is 5.75 Å². The lowest BCUT2D eigenvalue weighted by Crippen LogP contribution is -2.00. The lowest BCUT2D eigenvalue weighted by atomic mass is 10.2. The van der Waals surface area contributed by atoms with Crippen LogP contribution in [0, 0.1) is 22.0 Å². The number of benzene rings is 1. The van der Waals surface area contributed by atoms with Gasteiger partial charge in [-0.05, 0) is 17.5 Å². The number of rotatable bonds is 4. The zero-order chi connectivity index (χ0) is 15.2. The number of hydrogen-bond acceptors (Lipinski definition) is 5. The Hall–Kier alpha value is -2.07. The third kappa shape index (κ3) is 3.73. The van der Waals surface area contributed by atoms with E-state index in [1.54, 1.807) is 6.07 Å². The molecule has 1 aromatic carbocycles. The molecule has 0 saturated carbocycles. The first kappa shape index (κ1) is 15.3. The first-order valence-electron chi connectivity index (χ1n) is 5.94. The first-order valence-corrected chi connectivity index (χ1v) is 7.20. The average molecular weight is 323 g/mol. The fraction of sp³-hybridized carbons (Fsp3) is 0.143. The Morgan fingerprint density at radius 2 is 2.24 bits per heavy atom. The van der Waals surface area contributed by atoms with Crippen LogP contribution in [0.15, 0.2) is 29.6 Å². The van der Waals surface area contributed by atoms with Gasteiger partial charge in [-0.15, -0.1) is 11.3 Å². The normalized spacial score (nSPS) is 9.81. The standard InChI is InChI=1S/C14H11ClN2O3S/c15-11-4-1-5-12(17(18)19)14(11)20-9-13-10(3-2-7-16)6-8-21-13/h1,4-6,8H,7,9,16H2. The van der Waals surface area contributed by atoms with Crippen molar-refractivity contribution in [3.05, 3.63) is 55.2 Å². The largest absolute Gasteiger partial charge is 0.480 e. The van der Waals surface area contributed by atoms with Crippen molar-refractivity contribution >= 4 is 28.6 Å². The van der Waals surface area contributed by atoms with Crippen LogP contribution in [0.3, 0.4) is 0 Å². The molecular weight excluding hydrogens is 312 g/mol. The zero-order valence-corrected chi connectivity index (χ0v) is 12.4. The number of hydrogen-bond donors (Lipinski definition) is 1. The molecule has 108 valence electrons. The maximum Gasteiger partial charge on any atom is 0.312 e. The van der Waals surface area contributed by atoms with Gasteiger partial charge in [-0.1, -0.05) is 29.5 Å². The Labute approximate surface area is 130 Å². The molecule has 1 aromatic heterocycles. The monoisotopic (exact) mass is 322 g/mol. The van der Waals surface area contributed by atoms with Gasteiger partial charge in [-0.2, -0.15) is 0 Å². The second-order valence-corrected chi connectivity index (χ2v) is 5.31. The molecule has 0 radical (unpaired) electrons. The Morgan fingerprint density at radius 1 is 1.43 bits per heavy atom. The predicted molar refractivity (Wildman–Crippen MR) is 82.7 cm³/mol. The Balaban J connectivity index is 2.21. The summed E-state index contributed by atoms with van der Waals surface area (Å²) in [5.74, 6) is 5.76. The number of nitro groups is 1. The minimum Gasteiger partial charge on any atom is -0.480 e. The van der Waals surface area contributed by atoms with Crippen LogP contribution < -0.4 is 10.5 Å². The summed E-state index contributed by atoms with van der Waals surface area (Å²) in [6.07, 6.45) is 0. The van der Waals surface area contributed by atoms with Gasteiger partial charge >= 0.3 is 5.69 Å². The molecule has 2 aromatic rings. The Kier molecular flexibility index (Phi) is 5.17. The highest BCUT2D eigenvalue weighted by Crippen LogP contribution is 2.35. The number of thiophene rings is 1. The molecule has 7 heteroatoms. The van der Waals surface area contributed by atoms with Gasteiger partial charge in [0.05, 0.1) is 21.4 Å². The van der Waals surface area contributed by atoms with E-state index in [0.717, 1.165) is 10.4 Å². The summed E-state index contributed by atoms with van der Waals surface area (Å²) >= 11 is 7.42. The third-order valence-corrected chi connectivity index (χ3v) is 3.75. The maximum atomic E-state index is 11.0. The van der Waals surface area contributed by atoms with Crippen molar-refractivity contribution < 1.29 is 9.66 Å². The van der Waals surface area contributed by atoms with Crippen LogP contribution in [-0.2, 0) is 6.61 Å². The molecule has 21 heavy (non-hydrogen) atoms. The van der Waals surface area contributed by atoms with Gasteiger partial charge < -0.3 is 10.5 Å². The topological polar surface area (TPSA) is 78.4 Å². The van der Waals surface area contributed by atoms with Gasteiger partial charge in [0, 0.05) is 11.6 Å². The fourth-order valence-corrected chi connectivity index (χ4v) is 2.60. The summed E-state index contributed by atoms with van der Waals surface area (Å²) in [6, 6.07) is 6.27. The highest BCUT2D eigenvalue weighted by atomic mass is 35.5. The lowest BCUT2D eigenvalue weighted by Gasteiger charge is -2.07. The van der Waals surface area contributed by atoms with Crippen LogP contribution in [0.1, 0.15) is 10.4 Å². The van der Waals surface area contributed by atoms with E-state index in [0.29, 0.717) is 0 Å². The van der Waals surface area contributed by atoms with Crippen molar-refractivity contribution in [1.82, 2.24) is 0 Å². The van der Waals surface area contributed by atoms with Crippen LogP contribution in [-0.4, -0.2) is 11.5 Å². The third-order valence-electron chi connectivity index (χ3n) is 2.56. The number of nitro benzene ring substituents is 1. The van der Waals surface area contributed by atoms with E-state index in [2.05, 4.69) is 11.8 Å². The predicted octanol–water partition coefficient (Wildman–Crippen LogP) is 3.20. The average Bonchev–Trinajstić information content (AvgIpc) is 2.90. The van der Waals surface area contributed by atoms with Gasteiger partial charge in [0.25, 0.3) is 0 Å². The van der Waals surface area contributed by atoms with E-state index in [1.807, 2.05) is 11.4 Å². The molecule has 2 N–H and O–H groups in total. The van der Waals surface area contributed by atoms with Crippen LogP contribution >= 0.6 is 22.9 Å². The summed E-state index contributed by atoms with van der Waals surface area (Å²) in [4.78, 5) is 11.3. The number of ether oxygens (including phenoxy) is 1. The van der Waals surface area contributed by atoms with Crippen molar-refractivity contribution in [2.24, 2.45) is 5.73 Å². The van der Waals surface area contributed by atoms with E-state index in [9.17, 15) is 10.1 Å². The SMILES string of the molecule is NCC#Cc1ccsc1COc1c(Cl)cccc1[N+](=O)[O-]. The van der Waals surface area contributed by atoms with Gasteiger partial charge in [0.1, 0.15) is 6.61 Å². The summed E-state index contributed by atoms with van der Waals surface area (Å²) in [5.41, 5.74) is 5.99. The molecule has 0 aliphatic carbocycles. The first-order chi connectivity index (χ1) is 10.1. The number of nitrogens with two attached hydrogens (primary N) is 1. The van der Waals surface area contributed by atoms with Gasteiger partial charge in [0.15, 0.2) is 0 Å². The molecule has 0 amide bonds. The van der Waals surface area contributed by atoms with Crippen LogP contribution in [0.2, 0.25) is 5.02 Å². The molecule has 0 fully saturated rings. The smallest absolute Gasteiger partial charge is 0.312 e. The van der Waals surface area contributed by atoms with E-state index < -0.39 is 4.92 Å². The number of nitrogens with zero attached hydrogens (tertiary/aromatic N) is 1. The molecule has 0 unspecified atom stereocenters. The fourth-order valence-electron chi connectivity index (χ4n) is 1.63. The zero-order valence-electron chi connectivity index (χ0n) is 10.8. The van der Waals surface area contributed by atoms with Crippen LogP contribution in [0.25, 0.3) is 0 Å². The second kappa shape index (κ2) is 7.09. The van der Waals surface area contributed by atoms with Crippen molar-refractivity contribution in [3.63, 3.8) is 0 Å². The van der Waals surface area contributed by atoms with E-state index in [4.69, 9.17) is 22.1 Å². The maximum absolute atomic E-state index is 11.0. The summed E-state index contributed by atoms with van der Waals surface area (Å²) in [5, 5.41) is 13.1. The molecule has 0 atom stereocenters. The van der Waals surface area contributed by atoms with E-state index in [1.165, 1.54) is 23.5 Å². The quantitative estimate of drug-likeness (QED) is 0.532. The molecule has 0 saturated heterocycles. The Morgan fingerprint density at radius 3 is 2.95 bits per heavy atom. The van der Waals surface area contributed by atoms with Crippen molar-refractivity contribution in [2.45, 2.75) is 6.61 Å². The molecular formula is C14H11ClN2O3S. The highest BCUT2D eigenvalue weighted by Gasteiger charge is 2.18. The molecule has 5 nitrogen and oxygen atoms in total. The number of halogens is 1. The minimum absolute atomic E-state index is 0.0651. The van der Waals surface area contributed by atoms with E-state index in [-0.39, 0.29) is 29.6 Å². The van der Waals surface area contributed by atoms with Gasteiger partial charge in [-0.3, -0.25) is 10.1 Å². The Bertz CT molecular complexity index is 718. The second-order valence-electron chi connectivity index (χ2n) is 3.90.